The minimum atomic E-state index is -0.682. The van der Waals surface area contributed by atoms with Gasteiger partial charge in [-0.1, -0.05) is 18.2 Å². The van der Waals surface area contributed by atoms with Crippen molar-refractivity contribution in [3.8, 4) is 22.7 Å². The molecule has 0 aliphatic carbocycles. The number of carbonyl (C=O) groups is 2. The molecule has 0 bridgehead atoms. The van der Waals surface area contributed by atoms with E-state index >= 15 is 0 Å². The minimum Gasteiger partial charge on any atom is -0.494 e. The minimum absolute atomic E-state index is 0.00906. The molecule has 1 aromatic heterocycles. The van der Waals surface area contributed by atoms with Gasteiger partial charge in [0, 0.05) is 38.3 Å². The Morgan fingerprint density at radius 3 is 2.19 bits per heavy atom. The van der Waals surface area contributed by atoms with Crippen LogP contribution in [0.3, 0.4) is 0 Å². The first-order valence-electron chi connectivity index (χ1n) is 12.0. The number of rotatable bonds is 9. The first-order chi connectivity index (χ1) is 17.5. The Balaban J connectivity index is 1.53. The van der Waals surface area contributed by atoms with E-state index in [1.807, 2.05) is 42.5 Å². The predicted molar refractivity (Wildman–Crippen MR) is 136 cm³/mol. The molecule has 1 fully saturated rings. The number of piperazine rings is 1. The van der Waals surface area contributed by atoms with Crippen LogP contribution in [-0.2, 0) is 9.47 Å². The smallest absolute Gasteiger partial charge is 0.357 e. The summed E-state index contributed by atoms with van der Waals surface area (Å²) in [5, 5.41) is 4.62. The van der Waals surface area contributed by atoms with E-state index in [0.29, 0.717) is 23.6 Å². The number of carbonyl (C=O) groups excluding carboxylic acids is 2. The summed E-state index contributed by atoms with van der Waals surface area (Å²) in [7, 11) is 4.69. The van der Waals surface area contributed by atoms with Crippen LogP contribution >= 0.6 is 0 Å². The van der Waals surface area contributed by atoms with Crippen molar-refractivity contribution >= 4 is 11.9 Å². The molecule has 0 spiro atoms. The number of esters is 2. The Hall–Kier alpha value is -3.69. The second kappa shape index (κ2) is 11.8. The predicted octanol–water partition coefficient (Wildman–Crippen LogP) is 3.13. The van der Waals surface area contributed by atoms with Gasteiger partial charge >= 0.3 is 11.9 Å². The maximum absolute atomic E-state index is 12.8. The Bertz CT molecular complexity index is 1170. The number of aromatic nitrogens is 2. The van der Waals surface area contributed by atoms with Crippen LogP contribution in [0.4, 0.5) is 0 Å². The molecule has 1 saturated heterocycles. The van der Waals surface area contributed by atoms with Crippen molar-refractivity contribution in [2.45, 2.75) is 6.42 Å². The maximum Gasteiger partial charge on any atom is 0.357 e. The van der Waals surface area contributed by atoms with E-state index in [0.717, 1.165) is 44.9 Å². The third-order valence-electron chi connectivity index (χ3n) is 6.27. The second-order valence-corrected chi connectivity index (χ2v) is 8.67. The van der Waals surface area contributed by atoms with Crippen LogP contribution in [-0.4, -0.2) is 92.1 Å². The highest BCUT2D eigenvalue weighted by molar-refractivity contribution is 6.06. The molecule has 0 unspecified atom stereocenters. The quantitative estimate of drug-likeness (QED) is 0.333. The van der Waals surface area contributed by atoms with E-state index < -0.39 is 11.9 Å². The van der Waals surface area contributed by atoms with Crippen LogP contribution in [0.25, 0.3) is 16.9 Å². The molecule has 0 amide bonds. The molecule has 2 aromatic carbocycles. The normalized spacial score (nSPS) is 14.4. The molecule has 0 saturated carbocycles. The highest BCUT2D eigenvalue weighted by Crippen LogP contribution is 2.30. The molecule has 1 aliphatic rings. The topological polar surface area (TPSA) is 86.1 Å². The van der Waals surface area contributed by atoms with Crippen molar-refractivity contribution < 1.29 is 23.8 Å². The van der Waals surface area contributed by atoms with Gasteiger partial charge in [0.25, 0.3) is 0 Å². The lowest BCUT2D eigenvalue weighted by molar-refractivity contribution is 0.0549. The Morgan fingerprint density at radius 2 is 1.56 bits per heavy atom. The van der Waals surface area contributed by atoms with Crippen LogP contribution in [0.2, 0.25) is 0 Å². The van der Waals surface area contributed by atoms with Gasteiger partial charge in [-0.25, -0.2) is 14.3 Å². The Kier molecular flexibility index (Phi) is 8.35. The fourth-order valence-corrected chi connectivity index (χ4v) is 4.22. The van der Waals surface area contributed by atoms with Crippen LogP contribution in [0, 0.1) is 0 Å². The first kappa shape index (κ1) is 25.4. The summed E-state index contributed by atoms with van der Waals surface area (Å²) >= 11 is 0. The fraction of sp³-hybridized carbons (Fsp3) is 0.370. The molecule has 2 heterocycles. The summed E-state index contributed by atoms with van der Waals surface area (Å²) in [5.41, 5.74) is 1.66. The van der Waals surface area contributed by atoms with Gasteiger partial charge in [-0.05, 0) is 49.9 Å². The molecule has 0 N–H and O–H groups in total. The zero-order chi connectivity index (χ0) is 25.5. The first-order valence-corrected chi connectivity index (χ1v) is 12.0. The number of ether oxygens (including phenoxy) is 3. The van der Waals surface area contributed by atoms with Gasteiger partial charge in [-0.15, -0.1) is 0 Å². The van der Waals surface area contributed by atoms with E-state index in [-0.39, 0.29) is 11.3 Å². The summed E-state index contributed by atoms with van der Waals surface area (Å²) in [5.74, 6) is -0.623. The number of nitrogens with zero attached hydrogens (tertiary/aromatic N) is 4. The molecule has 3 aromatic rings. The maximum atomic E-state index is 12.8. The van der Waals surface area contributed by atoms with Crippen molar-refractivity contribution in [1.82, 2.24) is 19.6 Å². The van der Waals surface area contributed by atoms with Crippen LogP contribution in [0.5, 0.6) is 5.75 Å². The van der Waals surface area contributed by atoms with E-state index in [1.54, 1.807) is 12.1 Å². The summed E-state index contributed by atoms with van der Waals surface area (Å²) in [6.07, 6.45) is 0.946. The number of methoxy groups -OCH3 is 2. The average molecular weight is 493 g/mol. The van der Waals surface area contributed by atoms with Gasteiger partial charge in [-0.2, -0.15) is 5.10 Å². The van der Waals surface area contributed by atoms with Crippen molar-refractivity contribution in [1.29, 1.82) is 0 Å². The van der Waals surface area contributed by atoms with Crippen molar-refractivity contribution in [2.24, 2.45) is 0 Å². The SMILES string of the molecule is COC(=O)c1c(-c2ccc(OCCCN3CCN(C)CC3)cc2)nn(-c2ccccc2)c1C(=O)OC. The molecule has 4 rings (SSSR count). The van der Waals surface area contributed by atoms with Gasteiger partial charge in [0.05, 0.1) is 26.5 Å². The number of likely N-dealkylation sites (N-methyl/N-ethyl adjacent to an activating group) is 1. The largest absolute Gasteiger partial charge is 0.494 e. The van der Waals surface area contributed by atoms with Crippen LogP contribution < -0.4 is 4.74 Å². The molecule has 9 nitrogen and oxygen atoms in total. The van der Waals surface area contributed by atoms with E-state index in [1.165, 1.54) is 18.9 Å². The van der Waals surface area contributed by atoms with Crippen LogP contribution in [0.1, 0.15) is 27.3 Å². The summed E-state index contributed by atoms with van der Waals surface area (Å²) < 4.78 is 17.3. The third kappa shape index (κ3) is 5.75. The summed E-state index contributed by atoms with van der Waals surface area (Å²) in [4.78, 5) is 30.3. The van der Waals surface area contributed by atoms with Crippen molar-refractivity contribution in [3.05, 3.63) is 65.9 Å². The molecule has 0 atom stereocenters. The lowest BCUT2D eigenvalue weighted by Gasteiger charge is -2.32. The van der Waals surface area contributed by atoms with E-state index in [2.05, 4.69) is 21.9 Å². The average Bonchev–Trinajstić information content (AvgIpc) is 3.33. The highest BCUT2D eigenvalue weighted by atomic mass is 16.5. The highest BCUT2D eigenvalue weighted by Gasteiger charge is 2.31. The lowest BCUT2D eigenvalue weighted by atomic mass is 10.1. The van der Waals surface area contributed by atoms with Crippen molar-refractivity contribution in [3.63, 3.8) is 0 Å². The number of benzene rings is 2. The number of hydrogen-bond acceptors (Lipinski definition) is 8. The molecule has 190 valence electrons. The fourth-order valence-electron chi connectivity index (χ4n) is 4.22. The van der Waals surface area contributed by atoms with Gasteiger partial charge in [0.2, 0.25) is 0 Å². The van der Waals surface area contributed by atoms with E-state index in [4.69, 9.17) is 14.2 Å². The molecular weight excluding hydrogens is 460 g/mol. The second-order valence-electron chi connectivity index (χ2n) is 8.67. The molecule has 1 aliphatic heterocycles. The summed E-state index contributed by atoms with van der Waals surface area (Å²) in [6, 6.07) is 16.4. The Morgan fingerprint density at radius 1 is 0.889 bits per heavy atom. The Labute approximate surface area is 211 Å². The molecule has 9 heteroatoms. The monoisotopic (exact) mass is 492 g/mol. The van der Waals surface area contributed by atoms with Crippen LogP contribution in [0.15, 0.2) is 54.6 Å². The van der Waals surface area contributed by atoms with Gasteiger partial charge in [-0.3, -0.25) is 0 Å². The van der Waals surface area contributed by atoms with Gasteiger partial charge in [0.1, 0.15) is 17.0 Å². The van der Waals surface area contributed by atoms with Crippen molar-refractivity contribution in [2.75, 3.05) is 60.6 Å². The zero-order valence-corrected chi connectivity index (χ0v) is 21.0. The van der Waals surface area contributed by atoms with Gasteiger partial charge in [0.15, 0.2) is 5.69 Å². The standard InChI is InChI=1S/C27H32N4O5/c1-29-15-17-30(18-16-29)14-7-19-36-22-12-10-20(11-13-22)24-23(26(32)34-2)25(27(33)35-3)31(28-24)21-8-5-4-6-9-21/h4-6,8-13H,7,14-19H2,1-3H3. The third-order valence-corrected chi connectivity index (χ3v) is 6.27. The lowest BCUT2D eigenvalue weighted by Crippen LogP contribution is -2.44. The van der Waals surface area contributed by atoms with E-state index in [9.17, 15) is 9.59 Å². The molecule has 0 radical (unpaired) electrons. The zero-order valence-electron chi connectivity index (χ0n) is 21.0. The summed E-state index contributed by atoms with van der Waals surface area (Å²) in [6.45, 7) is 6.03. The number of para-hydroxylation sites is 1. The molecule has 36 heavy (non-hydrogen) atoms. The molecular formula is C27H32N4O5. The van der Waals surface area contributed by atoms with Gasteiger partial charge < -0.3 is 24.0 Å². The number of hydrogen-bond donors (Lipinski definition) is 0.